The quantitative estimate of drug-likeness (QED) is 0.210. The Morgan fingerprint density at radius 1 is 0.700 bits per heavy atom. The highest BCUT2D eigenvalue weighted by molar-refractivity contribution is 6.03. The average Bonchev–Trinajstić information content (AvgIpc) is 2.77. The lowest BCUT2D eigenvalue weighted by atomic mass is 10.0. The van der Waals surface area contributed by atoms with E-state index < -0.39 is 11.9 Å². The van der Waals surface area contributed by atoms with Crippen molar-refractivity contribution in [3.8, 4) is 0 Å². The van der Waals surface area contributed by atoms with Crippen LogP contribution in [0.5, 0.6) is 0 Å². The zero-order valence-electron chi connectivity index (χ0n) is 19.6. The van der Waals surface area contributed by atoms with Crippen LogP contribution in [0.2, 0.25) is 0 Å². The van der Waals surface area contributed by atoms with Gasteiger partial charge in [-0.3, -0.25) is 0 Å². The van der Waals surface area contributed by atoms with Crippen LogP contribution in [-0.2, 0) is 9.47 Å². The molecule has 0 heterocycles. The summed E-state index contributed by atoms with van der Waals surface area (Å²) in [6.07, 6.45) is 11.0. The molecule has 0 aromatic heterocycles. The van der Waals surface area contributed by atoms with Crippen molar-refractivity contribution in [1.82, 2.24) is 0 Å². The van der Waals surface area contributed by atoms with E-state index >= 15 is 0 Å². The molecule has 1 aromatic carbocycles. The van der Waals surface area contributed by atoms with E-state index in [9.17, 15) is 9.59 Å². The van der Waals surface area contributed by atoms with Crippen LogP contribution in [0.3, 0.4) is 0 Å². The fourth-order valence-corrected chi connectivity index (χ4v) is 3.28. The Morgan fingerprint density at radius 2 is 1.10 bits per heavy atom. The molecule has 0 aliphatic rings. The zero-order chi connectivity index (χ0) is 22.2. The number of unbranched alkanes of at least 4 members (excludes halogenated alkanes) is 4. The summed E-state index contributed by atoms with van der Waals surface area (Å²) >= 11 is 0. The number of hydrogen-bond donors (Lipinski definition) is 0. The maximum atomic E-state index is 12.4. The fourth-order valence-electron chi connectivity index (χ4n) is 3.28. The largest absolute Gasteiger partial charge is 0.462 e. The molecule has 0 radical (unpaired) electrons. The second kappa shape index (κ2) is 15.9. The lowest BCUT2D eigenvalue weighted by Gasteiger charge is -2.11. The lowest BCUT2D eigenvalue weighted by Crippen LogP contribution is -2.15. The first-order valence-corrected chi connectivity index (χ1v) is 11.9. The number of carbonyl (C=O) groups is 2. The third-order valence-corrected chi connectivity index (χ3v) is 5.91. The fraction of sp³-hybridized carbons (Fsp3) is 0.692. The molecule has 170 valence electrons. The standard InChI is InChI=1S/C26H42O4/c1-5-21(3)15-9-7-13-19-29-25(27)23-17-11-12-18-24(23)26(28)30-20-14-8-10-16-22(4)6-2/h11-12,17-18,21-22H,5-10,13-16,19-20H2,1-4H3. The first kappa shape index (κ1) is 26.2. The van der Waals surface area contributed by atoms with Gasteiger partial charge < -0.3 is 9.47 Å². The van der Waals surface area contributed by atoms with Crippen molar-refractivity contribution >= 4 is 11.9 Å². The Labute approximate surface area is 183 Å². The molecule has 0 aliphatic carbocycles. The Morgan fingerprint density at radius 3 is 1.47 bits per heavy atom. The van der Waals surface area contributed by atoms with Gasteiger partial charge in [-0.15, -0.1) is 0 Å². The number of hydrogen-bond acceptors (Lipinski definition) is 4. The number of ether oxygens (including phenoxy) is 2. The molecule has 0 N–H and O–H groups in total. The molecular formula is C26H42O4. The molecule has 1 rings (SSSR count). The number of benzene rings is 1. The summed E-state index contributed by atoms with van der Waals surface area (Å²) < 4.78 is 10.8. The van der Waals surface area contributed by atoms with Crippen molar-refractivity contribution < 1.29 is 19.1 Å². The van der Waals surface area contributed by atoms with Crippen LogP contribution in [0, 0.1) is 11.8 Å². The van der Waals surface area contributed by atoms with Crippen LogP contribution in [-0.4, -0.2) is 25.2 Å². The van der Waals surface area contributed by atoms with Gasteiger partial charge in [-0.2, -0.15) is 0 Å². The molecule has 2 unspecified atom stereocenters. The summed E-state index contributed by atoms with van der Waals surface area (Å²) in [5.41, 5.74) is 0.581. The molecule has 30 heavy (non-hydrogen) atoms. The van der Waals surface area contributed by atoms with Crippen LogP contribution in [0.4, 0.5) is 0 Å². The molecule has 0 aliphatic heterocycles. The average molecular weight is 419 g/mol. The third-order valence-electron chi connectivity index (χ3n) is 5.91. The van der Waals surface area contributed by atoms with E-state index in [0.29, 0.717) is 24.3 Å². The van der Waals surface area contributed by atoms with E-state index in [0.717, 1.165) is 50.4 Å². The Balaban J connectivity index is 2.36. The summed E-state index contributed by atoms with van der Waals surface area (Å²) in [7, 11) is 0. The molecule has 0 saturated carbocycles. The lowest BCUT2D eigenvalue weighted by molar-refractivity contribution is 0.0450. The molecular weight excluding hydrogens is 376 g/mol. The predicted octanol–water partition coefficient (Wildman–Crippen LogP) is 7.21. The van der Waals surface area contributed by atoms with E-state index in [1.807, 2.05) is 0 Å². The molecule has 1 aromatic rings. The highest BCUT2D eigenvalue weighted by Gasteiger charge is 2.18. The molecule has 0 fully saturated rings. The molecule has 4 nitrogen and oxygen atoms in total. The maximum Gasteiger partial charge on any atom is 0.339 e. The summed E-state index contributed by atoms with van der Waals surface area (Å²) in [6.45, 7) is 9.73. The molecule has 0 bridgehead atoms. The summed E-state index contributed by atoms with van der Waals surface area (Å²) in [6, 6.07) is 6.75. The summed E-state index contributed by atoms with van der Waals surface area (Å²) in [4.78, 5) is 24.9. The van der Waals surface area contributed by atoms with Gasteiger partial charge >= 0.3 is 11.9 Å². The van der Waals surface area contributed by atoms with Gasteiger partial charge in [0.15, 0.2) is 0 Å². The molecule has 2 atom stereocenters. The van der Waals surface area contributed by atoms with Crippen molar-refractivity contribution in [2.75, 3.05) is 13.2 Å². The predicted molar refractivity (Wildman–Crippen MR) is 123 cm³/mol. The third kappa shape index (κ3) is 10.8. The minimum absolute atomic E-state index is 0.291. The van der Waals surface area contributed by atoms with Crippen molar-refractivity contribution in [3.05, 3.63) is 35.4 Å². The first-order chi connectivity index (χ1) is 14.5. The molecule has 0 spiro atoms. The van der Waals surface area contributed by atoms with Crippen LogP contribution in [0.25, 0.3) is 0 Å². The van der Waals surface area contributed by atoms with Crippen LogP contribution in [0.1, 0.15) is 113 Å². The van der Waals surface area contributed by atoms with Gasteiger partial charge in [-0.1, -0.05) is 91.2 Å². The van der Waals surface area contributed by atoms with E-state index in [1.165, 1.54) is 25.7 Å². The molecule has 0 amide bonds. The van der Waals surface area contributed by atoms with E-state index in [2.05, 4.69) is 27.7 Å². The van der Waals surface area contributed by atoms with Gasteiger partial charge in [-0.25, -0.2) is 9.59 Å². The second-order valence-corrected chi connectivity index (χ2v) is 8.54. The first-order valence-electron chi connectivity index (χ1n) is 11.9. The van der Waals surface area contributed by atoms with Crippen molar-refractivity contribution in [3.63, 3.8) is 0 Å². The topological polar surface area (TPSA) is 52.6 Å². The SMILES string of the molecule is CCC(C)CCCCCOC(=O)c1ccccc1C(=O)OCCCCCC(C)CC. The summed E-state index contributed by atoms with van der Waals surface area (Å²) in [5.74, 6) is 0.617. The van der Waals surface area contributed by atoms with E-state index in [4.69, 9.17) is 9.47 Å². The van der Waals surface area contributed by atoms with Crippen LogP contribution < -0.4 is 0 Å². The van der Waals surface area contributed by atoms with Gasteiger partial charge in [0, 0.05) is 0 Å². The second-order valence-electron chi connectivity index (χ2n) is 8.54. The minimum Gasteiger partial charge on any atom is -0.462 e. The zero-order valence-corrected chi connectivity index (χ0v) is 19.6. The highest BCUT2D eigenvalue weighted by atomic mass is 16.5. The van der Waals surface area contributed by atoms with Crippen molar-refractivity contribution in [1.29, 1.82) is 0 Å². The van der Waals surface area contributed by atoms with Crippen LogP contribution >= 0.6 is 0 Å². The Kier molecular flexibility index (Phi) is 13.9. The number of carbonyl (C=O) groups excluding carboxylic acids is 2. The number of esters is 2. The van der Waals surface area contributed by atoms with Gasteiger partial charge in [0.05, 0.1) is 24.3 Å². The smallest absolute Gasteiger partial charge is 0.339 e. The highest BCUT2D eigenvalue weighted by Crippen LogP contribution is 2.15. The van der Waals surface area contributed by atoms with E-state index in [1.54, 1.807) is 24.3 Å². The summed E-state index contributed by atoms with van der Waals surface area (Å²) in [5, 5.41) is 0. The van der Waals surface area contributed by atoms with E-state index in [-0.39, 0.29) is 0 Å². The normalized spacial score (nSPS) is 12.9. The maximum absolute atomic E-state index is 12.4. The monoisotopic (exact) mass is 418 g/mol. The van der Waals surface area contributed by atoms with Crippen molar-refractivity contribution in [2.45, 2.75) is 91.9 Å². The van der Waals surface area contributed by atoms with Crippen molar-refractivity contribution in [2.24, 2.45) is 11.8 Å². The van der Waals surface area contributed by atoms with Gasteiger partial charge in [-0.05, 0) is 36.8 Å². The Bertz CT molecular complexity index is 558. The van der Waals surface area contributed by atoms with Gasteiger partial charge in [0.1, 0.15) is 0 Å². The Hall–Kier alpha value is -1.84. The van der Waals surface area contributed by atoms with Crippen LogP contribution in [0.15, 0.2) is 24.3 Å². The molecule has 0 saturated heterocycles. The van der Waals surface area contributed by atoms with Gasteiger partial charge in [0.25, 0.3) is 0 Å². The number of rotatable bonds is 16. The molecule has 4 heteroatoms. The van der Waals surface area contributed by atoms with Gasteiger partial charge in [0.2, 0.25) is 0 Å². The minimum atomic E-state index is -0.446.